The summed E-state index contributed by atoms with van der Waals surface area (Å²) in [6.45, 7) is 3.55. The van der Waals surface area contributed by atoms with Gasteiger partial charge in [0.2, 0.25) is 11.8 Å². The van der Waals surface area contributed by atoms with Crippen LogP contribution in [0.1, 0.15) is 39.0 Å². The number of carbonyl (C=O) groups excluding carboxylic acids is 2. The van der Waals surface area contributed by atoms with E-state index in [0.29, 0.717) is 24.9 Å². The molecule has 2 saturated heterocycles. The minimum Gasteiger partial charge on any atom is -0.337 e. The van der Waals surface area contributed by atoms with Crippen LogP contribution in [-0.2, 0) is 9.59 Å². The van der Waals surface area contributed by atoms with Crippen molar-refractivity contribution in [1.82, 2.24) is 9.80 Å². The molecule has 17 heavy (non-hydrogen) atoms. The third-order valence-electron chi connectivity index (χ3n) is 4.50. The summed E-state index contributed by atoms with van der Waals surface area (Å²) in [5.41, 5.74) is 0. The number of hydrogen-bond acceptors (Lipinski definition) is 2. The number of fused-ring (bicyclic) bond motifs is 1. The second-order valence-corrected chi connectivity index (χ2v) is 5.60. The zero-order chi connectivity index (χ0) is 12.0. The Bertz CT molecular complexity index is 351. The number of carbonyl (C=O) groups is 2. The molecule has 0 spiro atoms. The van der Waals surface area contributed by atoms with Crippen LogP contribution in [0.25, 0.3) is 0 Å². The van der Waals surface area contributed by atoms with Crippen LogP contribution in [0.5, 0.6) is 0 Å². The van der Waals surface area contributed by atoms with E-state index in [1.54, 1.807) is 0 Å². The molecule has 0 N–H and O–H groups in total. The van der Waals surface area contributed by atoms with Crippen molar-refractivity contribution >= 4 is 11.8 Å². The summed E-state index contributed by atoms with van der Waals surface area (Å²) >= 11 is 0. The van der Waals surface area contributed by atoms with Crippen LogP contribution in [0, 0.1) is 5.92 Å². The van der Waals surface area contributed by atoms with E-state index in [0.717, 1.165) is 19.4 Å². The molecule has 3 aliphatic rings. The third kappa shape index (κ3) is 1.83. The zero-order valence-electron chi connectivity index (χ0n) is 10.4. The highest BCUT2D eigenvalue weighted by Gasteiger charge is 2.43. The molecule has 0 aromatic rings. The lowest BCUT2D eigenvalue weighted by molar-refractivity contribution is -0.140. The summed E-state index contributed by atoms with van der Waals surface area (Å²) in [4.78, 5) is 28.2. The Morgan fingerprint density at radius 2 is 1.94 bits per heavy atom. The van der Waals surface area contributed by atoms with Crippen molar-refractivity contribution in [3.63, 3.8) is 0 Å². The fourth-order valence-corrected chi connectivity index (χ4v) is 3.22. The predicted octanol–water partition coefficient (Wildman–Crippen LogP) is 1.01. The van der Waals surface area contributed by atoms with Gasteiger partial charge in [0.1, 0.15) is 6.04 Å². The molecule has 1 saturated carbocycles. The Labute approximate surface area is 102 Å². The molecule has 3 rings (SSSR count). The van der Waals surface area contributed by atoms with Gasteiger partial charge in [0, 0.05) is 25.6 Å². The van der Waals surface area contributed by atoms with Crippen molar-refractivity contribution in [2.24, 2.45) is 5.92 Å². The Morgan fingerprint density at radius 1 is 1.18 bits per heavy atom. The SMILES string of the molecule is CC(C1CC1)N1CCC(=O)N2CCCC2C1=O. The van der Waals surface area contributed by atoms with E-state index in [4.69, 9.17) is 0 Å². The van der Waals surface area contributed by atoms with Crippen LogP contribution in [0.15, 0.2) is 0 Å². The molecule has 0 bridgehead atoms. The molecule has 0 radical (unpaired) electrons. The van der Waals surface area contributed by atoms with Crippen LogP contribution in [0.2, 0.25) is 0 Å². The fraction of sp³-hybridized carbons (Fsp3) is 0.846. The van der Waals surface area contributed by atoms with E-state index < -0.39 is 0 Å². The fourth-order valence-electron chi connectivity index (χ4n) is 3.22. The Hall–Kier alpha value is -1.06. The maximum atomic E-state index is 12.5. The molecule has 2 unspecified atom stereocenters. The lowest BCUT2D eigenvalue weighted by Gasteiger charge is -2.30. The molecule has 3 fully saturated rings. The summed E-state index contributed by atoms with van der Waals surface area (Å²) in [6.07, 6.45) is 4.84. The van der Waals surface area contributed by atoms with E-state index in [-0.39, 0.29) is 17.9 Å². The van der Waals surface area contributed by atoms with E-state index in [1.807, 2.05) is 9.80 Å². The maximum absolute atomic E-state index is 12.5. The average molecular weight is 236 g/mol. The lowest BCUT2D eigenvalue weighted by atomic mass is 10.1. The standard InChI is InChI=1S/C13H20N2O2/c1-9(10-4-5-10)14-8-6-12(16)15-7-2-3-11(15)13(14)17/h9-11H,2-8H2,1H3. The Kier molecular flexibility index (Phi) is 2.60. The van der Waals surface area contributed by atoms with Gasteiger partial charge in [-0.25, -0.2) is 0 Å². The molecule has 2 amide bonds. The number of hydrogen-bond donors (Lipinski definition) is 0. The topological polar surface area (TPSA) is 40.6 Å². The molecule has 4 nitrogen and oxygen atoms in total. The Morgan fingerprint density at radius 3 is 2.65 bits per heavy atom. The highest BCUT2D eigenvalue weighted by molar-refractivity contribution is 5.90. The van der Waals surface area contributed by atoms with E-state index in [9.17, 15) is 9.59 Å². The first kappa shape index (κ1) is 11.1. The summed E-state index contributed by atoms with van der Waals surface area (Å²) in [7, 11) is 0. The summed E-state index contributed by atoms with van der Waals surface area (Å²) in [5.74, 6) is 1.06. The van der Waals surface area contributed by atoms with Crippen molar-refractivity contribution in [3.8, 4) is 0 Å². The highest BCUT2D eigenvalue weighted by atomic mass is 16.2. The van der Waals surface area contributed by atoms with Gasteiger partial charge in [-0.15, -0.1) is 0 Å². The van der Waals surface area contributed by atoms with Gasteiger partial charge in [-0.2, -0.15) is 0 Å². The monoisotopic (exact) mass is 236 g/mol. The first-order valence-corrected chi connectivity index (χ1v) is 6.78. The predicted molar refractivity (Wildman–Crippen MR) is 63.3 cm³/mol. The molecule has 2 atom stereocenters. The molecule has 2 heterocycles. The van der Waals surface area contributed by atoms with Gasteiger partial charge in [-0.1, -0.05) is 0 Å². The van der Waals surface area contributed by atoms with E-state index in [2.05, 4.69) is 6.92 Å². The van der Waals surface area contributed by atoms with Crippen molar-refractivity contribution in [2.75, 3.05) is 13.1 Å². The smallest absolute Gasteiger partial charge is 0.245 e. The number of amides is 2. The molecule has 0 aromatic heterocycles. The Balaban J connectivity index is 1.81. The highest BCUT2D eigenvalue weighted by Crippen LogP contribution is 2.36. The molecule has 2 aliphatic heterocycles. The van der Waals surface area contributed by atoms with Gasteiger partial charge >= 0.3 is 0 Å². The third-order valence-corrected chi connectivity index (χ3v) is 4.50. The van der Waals surface area contributed by atoms with Crippen molar-refractivity contribution in [2.45, 2.75) is 51.1 Å². The minimum absolute atomic E-state index is 0.147. The molecule has 94 valence electrons. The van der Waals surface area contributed by atoms with Gasteiger partial charge in [0.05, 0.1) is 0 Å². The first-order valence-electron chi connectivity index (χ1n) is 6.78. The molecule has 1 aliphatic carbocycles. The summed E-state index contributed by atoms with van der Waals surface area (Å²) in [6, 6.07) is 0.182. The molecule has 0 aromatic carbocycles. The second kappa shape index (κ2) is 4.00. The minimum atomic E-state index is -0.147. The maximum Gasteiger partial charge on any atom is 0.245 e. The average Bonchev–Trinajstić information content (AvgIpc) is 3.06. The van der Waals surface area contributed by atoms with Gasteiger partial charge in [-0.05, 0) is 38.5 Å². The van der Waals surface area contributed by atoms with Gasteiger partial charge in [0.15, 0.2) is 0 Å². The number of rotatable bonds is 2. The zero-order valence-corrected chi connectivity index (χ0v) is 10.4. The van der Waals surface area contributed by atoms with Crippen LogP contribution in [0.3, 0.4) is 0 Å². The normalized spacial score (nSPS) is 31.5. The largest absolute Gasteiger partial charge is 0.337 e. The van der Waals surface area contributed by atoms with Crippen LogP contribution in [-0.4, -0.2) is 46.8 Å². The van der Waals surface area contributed by atoms with Crippen LogP contribution in [0.4, 0.5) is 0 Å². The van der Waals surface area contributed by atoms with E-state index >= 15 is 0 Å². The summed E-state index contributed by atoms with van der Waals surface area (Å²) in [5, 5.41) is 0. The van der Waals surface area contributed by atoms with Crippen LogP contribution < -0.4 is 0 Å². The molecule has 4 heteroatoms. The molecular weight excluding hydrogens is 216 g/mol. The van der Waals surface area contributed by atoms with E-state index in [1.165, 1.54) is 12.8 Å². The van der Waals surface area contributed by atoms with Gasteiger partial charge < -0.3 is 9.80 Å². The summed E-state index contributed by atoms with van der Waals surface area (Å²) < 4.78 is 0. The van der Waals surface area contributed by atoms with Crippen molar-refractivity contribution in [3.05, 3.63) is 0 Å². The molecular formula is C13H20N2O2. The second-order valence-electron chi connectivity index (χ2n) is 5.60. The van der Waals surface area contributed by atoms with Crippen molar-refractivity contribution < 1.29 is 9.59 Å². The lowest BCUT2D eigenvalue weighted by Crippen LogP contribution is -2.47. The number of nitrogens with zero attached hydrogens (tertiary/aromatic N) is 2. The van der Waals surface area contributed by atoms with Gasteiger partial charge in [-0.3, -0.25) is 9.59 Å². The van der Waals surface area contributed by atoms with Crippen LogP contribution >= 0.6 is 0 Å². The first-order chi connectivity index (χ1) is 8.18. The van der Waals surface area contributed by atoms with Gasteiger partial charge in [0.25, 0.3) is 0 Å². The quantitative estimate of drug-likeness (QED) is 0.718. The van der Waals surface area contributed by atoms with Crippen molar-refractivity contribution in [1.29, 1.82) is 0 Å².